The number of carbonyl (C=O) groups is 1. The largest absolute Gasteiger partial charge is 0.295 e. The maximum atomic E-state index is 11.9. The number of fused-ring (bicyclic) bond motifs is 5. The Morgan fingerprint density at radius 1 is 1.12 bits per heavy atom. The predicted octanol–water partition coefficient (Wildman–Crippen LogP) is 6.26. The van der Waals surface area contributed by atoms with Crippen molar-refractivity contribution >= 4 is 5.78 Å². The van der Waals surface area contributed by atoms with Gasteiger partial charge in [0.1, 0.15) is 0 Å². The number of allylic oxidation sites excluding steroid dienone is 2. The van der Waals surface area contributed by atoms with Crippen molar-refractivity contribution in [3.8, 4) is 0 Å². The minimum atomic E-state index is 0.310. The summed E-state index contributed by atoms with van der Waals surface area (Å²) in [5.41, 5.74) is 7.28. The smallest absolute Gasteiger partial charge is 0.155 e. The molecule has 6 unspecified atom stereocenters. The van der Waals surface area contributed by atoms with E-state index in [-0.39, 0.29) is 0 Å². The normalized spacial score (nSPS) is 45.6. The summed E-state index contributed by atoms with van der Waals surface area (Å²) in [6.07, 6.45) is 14.0. The summed E-state index contributed by atoms with van der Waals surface area (Å²) in [5, 5.41) is 0. The summed E-state index contributed by atoms with van der Waals surface area (Å²) in [4.78, 5) is 11.9. The molecule has 0 aromatic carbocycles. The van der Waals surface area contributed by atoms with Gasteiger partial charge in [-0.05, 0) is 111 Å². The van der Waals surface area contributed by atoms with Crippen molar-refractivity contribution in [3.05, 3.63) is 29.0 Å². The zero-order chi connectivity index (χ0) is 17.8. The number of carbonyl (C=O) groups excluding carboxylic acids is 1. The van der Waals surface area contributed by atoms with Crippen LogP contribution in [0.2, 0.25) is 0 Å². The van der Waals surface area contributed by atoms with Crippen LogP contribution >= 0.6 is 0 Å². The van der Waals surface area contributed by atoms with Crippen molar-refractivity contribution in [1.29, 1.82) is 0 Å². The first-order valence-corrected chi connectivity index (χ1v) is 10.5. The number of hydrogen-bond acceptors (Lipinski definition) is 1. The molecule has 0 radical (unpaired) electrons. The van der Waals surface area contributed by atoms with Gasteiger partial charge in [0.2, 0.25) is 0 Å². The van der Waals surface area contributed by atoms with Crippen molar-refractivity contribution in [3.63, 3.8) is 0 Å². The first-order valence-electron chi connectivity index (χ1n) is 10.5. The zero-order valence-corrected chi connectivity index (χ0v) is 16.5. The number of ketones is 1. The maximum absolute atomic E-state index is 11.9. The van der Waals surface area contributed by atoms with Crippen LogP contribution in [0.4, 0.5) is 0 Å². The molecule has 0 spiro atoms. The summed E-state index contributed by atoms with van der Waals surface area (Å²) in [6, 6.07) is 0. The van der Waals surface area contributed by atoms with Gasteiger partial charge >= 0.3 is 0 Å². The Hall–Kier alpha value is -1.07. The molecule has 0 aromatic heterocycles. The Morgan fingerprint density at radius 3 is 2.68 bits per heavy atom. The zero-order valence-electron chi connectivity index (χ0n) is 16.5. The Labute approximate surface area is 153 Å². The van der Waals surface area contributed by atoms with Crippen LogP contribution in [0.1, 0.15) is 79.1 Å². The van der Waals surface area contributed by atoms with Crippen LogP contribution in [-0.2, 0) is 4.79 Å². The maximum Gasteiger partial charge on any atom is 0.155 e. The Bertz CT molecular complexity index is 676. The van der Waals surface area contributed by atoms with Crippen molar-refractivity contribution in [2.24, 2.45) is 34.5 Å². The van der Waals surface area contributed by atoms with Gasteiger partial charge in [-0.3, -0.25) is 4.79 Å². The highest BCUT2D eigenvalue weighted by Gasteiger charge is 2.59. The van der Waals surface area contributed by atoms with Gasteiger partial charge in [0.05, 0.1) is 0 Å². The molecule has 4 aliphatic rings. The summed E-state index contributed by atoms with van der Waals surface area (Å²) in [7, 11) is 0. The van der Waals surface area contributed by atoms with Crippen LogP contribution in [0.15, 0.2) is 29.0 Å². The Kier molecular flexibility index (Phi) is 4.15. The lowest BCUT2D eigenvalue weighted by atomic mass is 9.46. The molecule has 1 nitrogen and oxygen atoms in total. The SMILES string of the molecule is CC=C=C(C)C1CCC2C3CCC4=CC(=O)CCC4(C)C3CCC12C. The molecular weight excluding hydrogens is 304 g/mol. The van der Waals surface area contributed by atoms with Gasteiger partial charge in [-0.15, -0.1) is 5.73 Å². The summed E-state index contributed by atoms with van der Waals surface area (Å²) >= 11 is 0. The number of hydrogen-bond donors (Lipinski definition) is 0. The van der Waals surface area contributed by atoms with Gasteiger partial charge in [-0.2, -0.15) is 0 Å². The second-order valence-corrected chi connectivity index (χ2v) is 9.76. The van der Waals surface area contributed by atoms with Crippen LogP contribution in [0, 0.1) is 34.5 Å². The van der Waals surface area contributed by atoms with E-state index in [0.29, 0.717) is 16.6 Å². The van der Waals surface area contributed by atoms with Gasteiger partial charge < -0.3 is 0 Å². The fourth-order valence-corrected chi connectivity index (χ4v) is 7.60. The lowest BCUT2D eigenvalue weighted by molar-refractivity contribution is -0.117. The first kappa shape index (κ1) is 17.3. The Balaban J connectivity index is 1.66. The van der Waals surface area contributed by atoms with Crippen molar-refractivity contribution < 1.29 is 4.79 Å². The topological polar surface area (TPSA) is 17.1 Å². The molecule has 0 heterocycles. The van der Waals surface area contributed by atoms with Gasteiger partial charge in [-0.25, -0.2) is 0 Å². The second-order valence-electron chi connectivity index (χ2n) is 9.76. The van der Waals surface area contributed by atoms with E-state index in [2.05, 4.69) is 39.5 Å². The highest BCUT2D eigenvalue weighted by molar-refractivity contribution is 5.91. The molecular formula is C24H34O. The van der Waals surface area contributed by atoms with E-state index in [1.54, 1.807) is 0 Å². The third-order valence-corrected chi connectivity index (χ3v) is 8.86. The molecule has 0 saturated heterocycles. The molecule has 0 aromatic rings. The van der Waals surface area contributed by atoms with Crippen LogP contribution in [-0.4, -0.2) is 5.78 Å². The van der Waals surface area contributed by atoms with E-state index in [0.717, 1.165) is 36.5 Å². The molecule has 6 atom stereocenters. The van der Waals surface area contributed by atoms with Gasteiger partial charge in [0, 0.05) is 6.42 Å². The number of rotatable bonds is 1. The predicted molar refractivity (Wildman–Crippen MR) is 103 cm³/mol. The monoisotopic (exact) mass is 338 g/mol. The van der Waals surface area contributed by atoms with Crippen LogP contribution in [0.3, 0.4) is 0 Å². The van der Waals surface area contributed by atoms with Crippen LogP contribution < -0.4 is 0 Å². The van der Waals surface area contributed by atoms with Crippen molar-refractivity contribution in [1.82, 2.24) is 0 Å². The molecule has 1 heteroatoms. The lowest BCUT2D eigenvalue weighted by Crippen LogP contribution is -2.50. The first-order chi connectivity index (χ1) is 11.9. The standard InChI is InChI=1S/C24H34O/c1-5-6-16(2)20-9-10-21-19-8-7-17-15-18(25)11-13-23(17,3)22(19)12-14-24(20,21)4/h5,15,19-22H,7-14H2,1-4H3. The summed E-state index contributed by atoms with van der Waals surface area (Å²) in [6.45, 7) is 9.47. The molecule has 0 aliphatic heterocycles. The fraction of sp³-hybridized carbons (Fsp3) is 0.750. The third-order valence-electron chi connectivity index (χ3n) is 8.86. The van der Waals surface area contributed by atoms with E-state index >= 15 is 0 Å². The fourth-order valence-electron chi connectivity index (χ4n) is 7.60. The van der Waals surface area contributed by atoms with Crippen LogP contribution in [0.5, 0.6) is 0 Å². The van der Waals surface area contributed by atoms with E-state index in [1.165, 1.54) is 49.7 Å². The van der Waals surface area contributed by atoms with Gasteiger partial charge in [-0.1, -0.05) is 19.4 Å². The van der Waals surface area contributed by atoms with E-state index in [4.69, 9.17) is 0 Å². The lowest BCUT2D eigenvalue weighted by Gasteiger charge is -2.58. The van der Waals surface area contributed by atoms with Crippen molar-refractivity contribution in [2.75, 3.05) is 0 Å². The molecule has 25 heavy (non-hydrogen) atoms. The molecule has 136 valence electrons. The average molecular weight is 339 g/mol. The minimum Gasteiger partial charge on any atom is -0.295 e. The quantitative estimate of drug-likeness (QED) is 0.516. The van der Waals surface area contributed by atoms with E-state index in [1.807, 2.05) is 6.08 Å². The molecule has 4 rings (SSSR count). The molecule has 4 aliphatic carbocycles. The Morgan fingerprint density at radius 2 is 1.92 bits per heavy atom. The minimum absolute atomic E-state index is 0.310. The van der Waals surface area contributed by atoms with Crippen molar-refractivity contribution in [2.45, 2.75) is 79.1 Å². The molecule has 3 fully saturated rings. The highest BCUT2D eigenvalue weighted by atomic mass is 16.1. The average Bonchev–Trinajstić information content (AvgIpc) is 2.93. The molecule has 3 saturated carbocycles. The molecule has 0 N–H and O–H groups in total. The molecule has 0 bridgehead atoms. The van der Waals surface area contributed by atoms with Crippen LogP contribution in [0.25, 0.3) is 0 Å². The van der Waals surface area contributed by atoms with E-state index < -0.39 is 0 Å². The molecule has 0 amide bonds. The third kappa shape index (κ3) is 2.46. The second kappa shape index (κ2) is 5.98. The summed E-state index contributed by atoms with van der Waals surface area (Å²) < 4.78 is 0. The van der Waals surface area contributed by atoms with Gasteiger partial charge in [0.25, 0.3) is 0 Å². The van der Waals surface area contributed by atoms with Gasteiger partial charge in [0.15, 0.2) is 5.78 Å². The van der Waals surface area contributed by atoms with E-state index in [9.17, 15) is 4.79 Å². The highest BCUT2D eigenvalue weighted by Crippen LogP contribution is 2.67. The summed E-state index contributed by atoms with van der Waals surface area (Å²) in [5.74, 6) is 3.66.